The molecule has 6 heteroatoms. The van der Waals surface area contributed by atoms with Gasteiger partial charge in [0, 0.05) is 24.6 Å². The van der Waals surface area contributed by atoms with Crippen molar-refractivity contribution in [2.24, 2.45) is 10.7 Å². The minimum atomic E-state index is -0.239. The van der Waals surface area contributed by atoms with Crippen LogP contribution in [0.1, 0.15) is 64.5 Å². The van der Waals surface area contributed by atoms with Crippen molar-refractivity contribution in [2.75, 3.05) is 14.2 Å². The van der Waals surface area contributed by atoms with Gasteiger partial charge in [-0.15, -0.1) is 0 Å². The zero-order valence-electron chi connectivity index (χ0n) is 19.7. The molecule has 3 aromatic rings. The molecule has 2 aliphatic rings. The van der Waals surface area contributed by atoms with Crippen LogP contribution in [0, 0.1) is 0 Å². The van der Waals surface area contributed by atoms with Crippen LogP contribution in [-0.4, -0.2) is 30.8 Å². The van der Waals surface area contributed by atoms with Crippen molar-refractivity contribution in [3.63, 3.8) is 0 Å². The predicted molar refractivity (Wildman–Crippen MR) is 134 cm³/mol. The van der Waals surface area contributed by atoms with Crippen molar-refractivity contribution in [1.82, 2.24) is 10.3 Å². The Kier molecular flexibility index (Phi) is 5.92. The minimum Gasteiger partial charge on any atom is -0.494 e. The Morgan fingerprint density at radius 2 is 1.85 bits per heavy atom. The van der Waals surface area contributed by atoms with Crippen LogP contribution in [0.15, 0.2) is 65.7 Å². The molecule has 6 nitrogen and oxygen atoms in total. The highest BCUT2D eigenvalue weighted by atomic mass is 16.5. The summed E-state index contributed by atoms with van der Waals surface area (Å²) in [6.07, 6.45) is 4.76. The van der Waals surface area contributed by atoms with E-state index in [2.05, 4.69) is 58.8 Å². The van der Waals surface area contributed by atoms with Crippen LogP contribution in [0.2, 0.25) is 0 Å². The molecular formula is C28H30N4O2. The molecule has 2 heterocycles. The fourth-order valence-corrected chi connectivity index (χ4v) is 4.97. The second-order valence-electron chi connectivity index (χ2n) is 9.17. The molecule has 1 saturated carbocycles. The molecule has 1 fully saturated rings. The van der Waals surface area contributed by atoms with Crippen LogP contribution < -0.4 is 15.8 Å². The number of benzene rings is 2. The van der Waals surface area contributed by atoms with Crippen molar-refractivity contribution in [2.45, 2.75) is 43.6 Å². The number of ether oxygens (including phenoxy) is 1. The molecule has 1 aromatic heterocycles. The Labute approximate surface area is 200 Å². The molecule has 1 unspecified atom stereocenters. The molecule has 0 saturated heterocycles. The Bertz CT molecular complexity index is 1230. The maximum absolute atomic E-state index is 12.3. The standard InChI is InChI=1S/C28H30N4O2/c1-30-27(33)23-17-24(34-2)26-22(31-23)14-13-21(18-7-4-3-5-8-18)25(32-26)19-9-11-20(12-10-19)28(29)15-6-16-28/h3-5,7-12,17,21H,6,13-16,29H2,1-2H3,(H,30,33). The van der Waals surface area contributed by atoms with Gasteiger partial charge in [-0.3, -0.25) is 4.79 Å². The topological polar surface area (TPSA) is 89.6 Å². The third-order valence-electron chi connectivity index (χ3n) is 7.15. The second-order valence-corrected chi connectivity index (χ2v) is 9.17. The summed E-state index contributed by atoms with van der Waals surface area (Å²) in [5, 5.41) is 2.65. The Hall–Kier alpha value is -3.51. The first kappa shape index (κ1) is 22.3. The summed E-state index contributed by atoms with van der Waals surface area (Å²) in [6, 6.07) is 20.7. The van der Waals surface area contributed by atoms with E-state index in [0.717, 1.165) is 36.2 Å². The van der Waals surface area contributed by atoms with Gasteiger partial charge in [0.2, 0.25) is 0 Å². The zero-order chi connectivity index (χ0) is 23.7. The summed E-state index contributed by atoms with van der Waals surface area (Å²) in [5.41, 5.74) is 12.6. The van der Waals surface area contributed by atoms with Gasteiger partial charge in [-0.05, 0) is 48.8 Å². The number of hydrogen-bond acceptors (Lipinski definition) is 5. The fraction of sp³-hybridized carbons (Fsp3) is 0.321. The third-order valence-corrected chi connectivity index (χ3v) is 7.15. The Balaban J connectivity index is 1.63. The first-order valence-electron chi connectivity index (χ1n) is 11.9. The lowest BCUT2D eigenvalue weighted by Gasteiger charge is -2.38. The van der Waals surface area contributed by atoms with Crippen LogP contribution in [0.5, 0.6) is 5.75 Å². The minimum absolute atomic E-state index is 0.0879. The van der Waals surface area contributed by atoms with E-state index in [0.29, 0.717) is 23.6 Å². The Morgan fingerprint density at radius 3 is 2.47 bits per heavy atom. The molecule has 0 spiro atoms. The van der Waals surface area contributed by atoms with Crippen molar-refractivity contribution in [3.8, 4) is 5.75 Å². The van der Waals surface area contributed by atoms with Crippen LogP contribution in [-0.2, 0) is 12.0 Å². The van der Waals surface area contributed by atoms with Gasteiger partial charge in [-0.2, -0.15) is 0 Å². The number of methoxy groups -OCH3 is 1. The molecule has 1 atom stereocenters. The molecule has 2 aromatic carbocycles. The maximum atomic E-state index is 12.3. The molecule has 1 aliphatic heterocycles. The van der Waals surface area contributed by atoms with Crippen LogP contribution >= 0.6 is 0 Å². The molecule has 174 valence electrons. The van der Waals surface area contributed by atoms with E-state index in [1.165, 1.54) is 17.5 Å². The lowest BCUT2D eigenvalue weighted by atomic mass is 9.72. The van der Waals surface area contributed by atoms with Crippen molar-refractivity contribution >= 4 is 17.3 Å². The van der Waals surface area contributed by atoms with E-state index in [1.54, 1.807) is 20.2 Å². The van der Waals surface area contributed by atoms with Crippen LogP contribution in [0.25, 0.3) is 0 Å². The zero-order valence-corrected chi connectivity index (χ0v) is 19.7. The van der Waals surface area contributed by atoms with E-state index in [4.69, 9.17) is 15.5 Å². The molecular weight excluding hydrogens is 424 g/mol. The summed E-state index contributed by atoms with van der Waals surface area (Å²) in [6.45, 7) is 0. The molecule has 1 amide bonds. The molecule has 3 N–H and O–H groups in total. The smallest absolute Gasteiger partial charge is 0.269 e. The van der Waals surface area contributed by atoms with Gasteiger partial charge in [-0.25, -0.2) is 9.98 Å². The maximum Gasteiger partial charge on any atom is 0.269 e. The van der Waals surface area contributed by atoms with Gasteiger partial charge in [-0.1, -0.05) is 54.6 Å². The first-order chi connectivity index (χ1) is 16.5. The summed E-state index contributed by atoms with van der Waals surface area (Å²) < 4.78 is 5.67. The number of fused-ring (bicyclic) bond motifs is 1. The second kappa shape index (κ2) is 9.03. The number of amides is 1. The van der Waals surface area contributed by atoms with Gasteiger partial charge in [0.25, 0.3) is 5.91 Å². The highest BCUT2D eigenvalue weighted by Gasteiger charge is 2.34. The summed E-state index contributed by atoms with van der Waals surface area (Å²) in [4.78, 5) is 22.1. The molecule has 1 aliphatic carbocycles. The monoisotopic (exact) mass is 454 g/mol. The normalized spacial score (nSPS) is 18.7. The number of carbonyl (C=O) groups excluding carboxylic acids is 1. The number of hydrogen-bond donors (Lipinski definition) is 2. The number of nitrogens with one attached hydrogen (secondary N) is 1. The average molecular weight is 455 g/mol. The van der Waals surface area contributed by atoms with E-state index in [9.17, 15) is 4.79 Å². The predicted octanol–water partition coefficient (Wildman–Crippen LogP) is 4.64. The van der Waals surface area contributed by atoms with Crippen molar-refractivity contribution < 1.29 is 9.53 Å². The number of pyridine rings is 1. The number of aromatic nitrogens is 1. The van der Waals surface area contributed by atoms with E-state index >= 15 is 0 Å². The van der Waals surface area contributed by atoms with Crippen LogP contribution in [0.4, 0.5) is 5.69 Å². The summed E-state index contributed by atoms with van der Waals surface area (Å²) in [5.74, 6) is 0.406. The number of nitrogens with two attached hydrogens (primary N) is 1. The molecule has 34 heavy (non-hydrogen) atoms. The lowest BCUT2D eigenvalue weighted by Crippen LogP contribution is -2.43. The molecule has 5 rings (SSSR count). The van der Waals surface area contributed by atoms with E-state index in [1.807, 2.05) is 6.07 Å². The summed E-state index contributed by atoms with van der Waals surface area (Å²) >= 11 is 0. The largest absolute Gasteiger partial charge is 0.494 e. The van der Waals surface area contributed by atoms with Gasteiger partial charge in [0.15, 0.2) is 0 Å². The fourth-order valence-electron chi connectivity index (χ4n) is 4.97. The number of aryl methyl sites for hydroxylation is 1. The molecule has 0 bridgehead atoms. The number of carbonyl (C=O) groups is 1. The van der Waals surface area contributed by atoms with Gasteiger partial charge in [0.05, 0.1) is 18.5 Å². The average Bonchev–Trinajstić information content (AvgIpc) is 3.06. The van der Waals surface area contributed by atoms with E-state index < -0.39 is 0 Å². The van der Waals surface area contributed by atoms with Crippen LogP contribution in [0.3, 0.4) is 0 Å². The quantitative estimate of drug-likeness (QED) is 0.588. The molecule has 0 radical (unpaired) electrons. The highest BCUT2D eigenvalue weighted by Crippen LogP contribution is 2.41. The van der Waals surface area contributed by atoms with Gasteiger partial charge < -0.3 is 15.8 Å². The first-order valence-corrected chi connectivity index (χ1v) is 11.9. The third kappa shape index (κ3) is 3.99. The Morgan fingerprint density at radius 1 is 1.12 bits per heavy atom. The van der Waals surface area contributed by atoms with Crippen molar-refractivity contribution in [1.29, 1.82) is 0 Å². The number of aliphatic imine (C=N–C) groups is 1. The van der Waals surface area contributed by atoms with E-state index in [-0.39, 0.29) is 17.4 Å². The SMILES string of the molecule is CNC(=O)c1cc(OC)c2c(n1)CCC(c1ccccc1)C(c1ccc(C3(N)CCC3)cc1)=N2. The van der Waals surface area contributed by atoms with Gasteiger partial charge >= 0.3 is 0 Å². The number of rotatable bonds is 5. The highest BCUT2D eigenvalue weighted by molar-refractivity contribution is 6.07. The summed E-state index contributed by atoms with van der Waals surface area (Å²) in [7, 11) is 3.20. The lowest BCUT2D eigenvalue weighted by molar-refractivity contribution is 0.0957. The number of nitrogens with zero attached hydrogens (tertiary/aromatic N) is 2. The van der Waals surface area contributed by atoms with Gasteiger partial charge in [0.1, 0.15) is 17.1 Å². The van der Waals surface area contributed by atoms with Crippen molar-refractivity contribution in [3.05, 3.63) is 88.7 Å².